The van der Waals surface area contributed by atoms with Crippen molar-refractivity contribution in [1.29, 1.82) is 0 Å². The van der Waals surface area contributed by atoms with Crippen LogP contribution in [0, 0.1) is 0 Å². The molecular weight excluding hydrogens is 218 g/mol. The van der Waals surface area contributed by atoms with Crippen molar-refractivity contribution in [2.45, 2.75) is 58.1 Å². The van der Waals surface area contributed by atoms with E-state index in [0.29, 0.717) is 25.7 Å². The molecule has 100 valence electrons. The predicted molar refractivity (Wildman–Crippen MR) is 66.9 cm³/mol. The highest BCUT2D eigenvalue weighted by Crippen LogP contribution is 2.23. The molecule has 0 bridgehead atoms. The van der Waals surface area contributed by atoms with E-state index in [9.17, 15) is 4.79 Å². The Labute approximate surface area is 104 Å². The summed E-state index contributed by atoms with van der Waals surface area (Å²) in [5, 5.41) is 3.20. The molecule has 17 heavy (non-hydrogen) atoms. The molecule has 0 spiro atoms. The minimum Gasteiger partial charge on any atom is -0.465 e. The number of carbonyl (C=O) groups excluding carboxylic acids is 1. The van der Waals surface area contributed by atoms with Crippen LogP contribution in [0.25, 0.3) is 0 Å². The fourth-order valence-corrected chi connectivity index (χ4v) is 1.91. The number of hydrogen-bond acceptors (Lipinski definition) is 4. The fraction of sp³-hybridized carbons (Fsp3) is 0.923. The molecule has 0 aliphatic heterocycles. The summed E-state index contributed by atoms with van der Waals surface area (Å²) in [7, 11) is 0. The molecule has 1 rings (SSSR count). The molecule has 0 radical (unpaired) electrons. The Morgan fingerprint density at radius 2 is 2.12 bits per heavy atom. The van der Waals surface area contributed by atoms with Crippen LogP contribution in [0.2, 0.25) is 0 Å². The fourth-order valence-electron chi connectivity index (χ4n) is 1.91. The molecule has 1 unspecified atom stereocenters. The van der Waals surface area contributed by atoms with Crippen molar-refractivity contribution in [3.05, 3.63) is 0 Å². The first-order valence-electron chi connectivity index (χ1n) is 6.66. The predicted octanol–water partition coefficient (Wildman–Crippen LogP) is 1.88. The summed E-state index contributed by atoms with van der Waals surface area (Å²) in [5.74, 6) is -0.181. The van der Waals surface area contributed by atoms with Gasteiger partial charge in [0.15, 0.2) is 0 Å². The number of hydrogen-bond donors (Lipinski definition) is 1. The molecule has 0 aromatic carbocycles. The van der Waals surface area contributed by atoms with Crippen LogP contribution in [0.15, 0.2) is 0 Å². The van der Waals surface area contributed by atoms with Crippen LogP contribution < -0.4 is 5.32 Å². The lowest BCUT2D eigenvalue weighted by atomic mass is 9.95. The zero-order valence-electron chi connectivity index (χ0n) is 11.3. The lowest BCUT2D eigenvalue weighted by Crippen LogP contribution is -2.51. The van der Waals surface area contributed by atoms with Gasteiger partial charge in [0.1, 0.15) is 5.54 Å². The third kappa shape index (κ3) is 4.28. The van der Waals surface area contributed by atoms with Crippen molar-refractivity contribution in [3.63, 3.8) is 0 Å². The van der Waals surface area contributed by atoms with Gasteiger partial charge >= 0.3 is 5.97 Å². The van der Waals surface area contributed by atoms with Crippen molar-refractivity contribution in [3.8, 4) is 0 Å². The number of ether oxygens (including phenoxy) is 2. The van der Waals surface area contributed by atoms with Gasteiger partial charge in [-0.3, -0.25) is 4.79 Å². The van der Waals surface area contributed by atoms with Crippen molar-refractivity contribution in [1.82, 2.24) is 5.32 Å². The Bertz CT molecular complexity index is 241. The summed E-state index contributed by atoms with van der Waals surface area (Å²) in [6.07, 6.45) is 4.68. The molecule has 0 amide bonds. The van der Waals surface area contributed by atoms with Gasteiger partial charge in [-0.05, 0) is 46.1 Å². The van der Waals surface area contributed by atoms with E-state index in [1.165, 1.54) is 6.42 Å². The monoisotopic (exact) mass is 243 g/mol. The third-order valence-corrected chi connectivity index (χ3v) is 3.30. The van der Waals surface area contributed by atoms with E-state index in [-0.39, 0.29) is 5.97 Å². The van der Waals surface area contributed by atoms with Crippen molar-refractivity contribution in [2.24, 2.45) is 0 Å². The SMILES string of the molecule is CCNC(C)(CCOC1CCC1)C(=O)OCC. The topological polar surface area (TPSA) is 47.6 Å². The zero-order valence-corrected chi connectivity index (χ0v) is 11.3. The Morgan fingerprint density at radius 3 is 2.59 bits per heavy atom. The number of nitrogens with one attached hydrogen (secondary N) is 1. The summed E-state index contributed by atoms with van der Waals surface area (Å²) in [6, 6.07) is 0. The Hall–Kier alpha value is -0.610. The second-order valence-electron chi connectivity index (χ2n) is 4.76. The summed E-state index contributed by atoms with van der Waals surface area (Å²) in [6.45, 7) is 7.49. The second kappa shape index (κ2) is 6.97. The van der Waals surface area contributed by atoms with Crippen LogP contribution in [0.1, 0.15) is 46.5 Å². The van der Waals surface area contributed by atoms with Crippen LogP contribution in [-0.2, 0) is 14.3 Å². The van der Waals surface area contributed by atoms with Crippen LogP contribution in [0.3, 0.4) is 0 Å². The van der Waals surface area contributed by atoms with Gasteiger partial charge in [-0.25, -0.2) is 0 Å². The molecule has 1 N–H and O–H groups in total. The number of carbonyl (C=O) groups is 1. The average Bonchev–Trinajstić information content (AvgIpc) is 2.22. The molecule has 0 aromatic heterocycles. The van der Waals surface area contributed by atoms with Gasteiger partial charge in [0.2, 0.25) is 0 Å². The molecule has 4 heteroatoms. The van der Waals surface area contributed by atoms with Gasteiger partial charge in [0, 0.05) is 6.61 Å². The summed E-state index contributed by atoms with van der Waals surface area (Å²) in [5.41, 5.74) is -0.617. The largest absolute Gasteiger partial charge is 0.465 e. The summed E-state index contributed by atoms with van der Waals surface area (Å²) >= 11 is 0. The Morgan fingerprint density at radius 1 is 1.41 bits per heavy atom. The lowest BCUT2D eigenvalue weighted by molar-refractivity contribution is -0.151. The van der Waals surface area contributed by atoms with Gasteiger partial charge < -0.3 is 14.8 Å². The van der Waals surface area contributed by atoms with E-state index < -0.39 is 5.54 Å². The van der Waals surface area contributed by atoms with E-state index in [4.69, 9.17) is 9.47 Å². The minimum atomic E-state index is -0.617. The highest BCUT2D eigenvalue weighted by molar-refractivity contribution is 5.80. The van der Waals surface area contributed by atoms with Gasteiger partial charge in [0.25, 0.3) is 0 Å². The molecule has 1 fully saturated rings. The Balaban J connectivity index is 2.36. The molecule has 0 heterocycles. The molecular formula is C13H25NO3. The van der Waals surface area contributed by atoms with E-state index in [1.807, 2.05) is 20.8 Å². The smallest absolute Gasteiger partial charge is 0.326 e. The van der Waals surface area contributed by atoms with Gasteiger partial charge in [-0.1, -0.05) is 6.92 Å². The quantitative estimate of drug-likeness (QED) is 0.661. The molecule has 1 saturated carbocycles. The van der Waals surface area contributed by atoms with Crippen LogP contribution in [0.5, 0.6) is 0 Å². The van der Waals surface area contributed by atoms with Crippen LogP contribution in [0.4, 0.5) is 0 Å². The van der Waals surface area contributed by atoms with Crippen molar-refractivity contribution >= 4 is 5.97 Å². The van der Waals surface area contributed by atoms with Crippen molar-refractivity contribution in [2.75, 3.05) is 19.8 Å². The summed E-state index contributed by atoms with van der Waals surface area (Å²) in [4.78, 5) is 11.9. The first-order valence-corrected chi connectivity index (χ1v) is 6.66. The summed E-state index contributed by atoms with van der Waals surface area (Å²) < 4.78 is 10.8. The molecule has 1 aliphatic carbocycles. The highest BCUT2D eigenvalue weighted by atomic mass is 16.5. The van der Waals surface area contributed by atoms with E-state index in [1.54, 1.807) is 0 Å². The number of rotatable bonds is 8. The maximum atomic E-state index is 11.9. The normalized spacial score (nSPS) is 19.5. The van der Waals surface area contributed by atoms with Crippen molar-refractivity contribution < 1.29 is 14.3 Å². The molecule has 0 saturated heterocycles. The number of likely N-dealkylation sites (N-methyl/N-ethyl adjacent to an activating group) is 1. The van der Waals surface area contributed by atoms with Crippen LogP contribution >= 0.6 is 0 Å². The zero-order chi connectivity index (χ0) is 12.7. The molecule has 1 aliphatic rings. The maximum absolute atomic E-state index is 11.9. The molecule has 4 nitrogen and oxygen atoms in total. The molecule has 1 atom stereocenters. The minimum absolute atomic E-state index is 0.181. The van der Waals surface area contributed by atoms with E-state index >= 15 is 0 Å². The van der Waals surface area contributed by atoms with Gasteiger partial charge in [0.05, 0.1) is 12.7 Å². The molecule has 0 aromatic rings. The Kier molecular flexibility index (Phi) is 5.92. The average molecular weight is 243 g/mol. The van der Waals surface area contributed by atoms with Gasteiger partial charge in [-0.15, -0.1) is 0 Å². The third-order valence-electron chi connectivity index (χ3n) is 3.30. The van der Waals surface area contributed by atoms with E-state index in [2.05, 4.69) is 5.32 Å². The maximum Gasteiger partial charge on any atom is 0.326 e. The van der Waals surface area contributed by atoms with Crippen LogP contribution in [-0.4, -0.2) is 37.4 Å². The van der Waals surface area contributed by atoms with Gasteiger partial charge in [-0.2, -0.15) is 0 Å². The lowest BCUT2D eigenvalue weighted by Gasteiger charge is -2.30. The number of esters is 1. The highest BCUT2D eigenvalue weighted by Gasteiger charge is 2.33. The second-order valence-corrected chi connectivity index (χ2v) is 4.76. The first kappa shape index (κ1) is 14.5. The standard InChI is InChI=1S/C13H25NO3/c1-4-14-13(3,12(15)16-5-2)9-10-17-11-7-6-8-11/h11,14H,4-10H2,1-3H3. The first-order chi connectivity index (χ1) is 8.12. The van der Waals surface area contributed by atoms with E-state index in [0.717, 1.165) is 19.4 Å².